The summed E-state index contributed by atoms with van der Waals surface area (Å²) in [6.07, 6.45) is 1.70. The SMILES string of the molecule is CO[n+]1cccc(C(Cl)=Nc2ccccc2)c1N. The minimum atomic E-state index is 0.324. The van der Waals surface area contributed by atoms with Crippen LogP contribution in [0.2, 0.25) is 0 Å². The number of para-hydroxylation sites is 1. The quantitative estimate of drug-likeness (QED) is 0.679. The number of nitrogens with zero attached hydrogens (tertiary/aromatic N) is 2. The van der Waals surface area contributed by atoms with Crippen LogP contribution in [0.4, 0.5) is 11.5 Å². The number of anilines is 1. The molecule has 1 heterocycles. The van der Waals surface area contributed by atoms with E-state index in [9.17, 15) is 0 Å². The first-order valence-electron chi connectivity index (χ1n) is 5.36. The topological polar surface area (TPSA) is 51.5 Å². The molecule has 2 N–H and O–H groups in total. The Kier molecular flexibility index (Phi) is 3.79. The lowest BCUT2D eigenvalue weighted by Crippen LogP contribution is -2.43. The Bertz CT molecular complexity index is 570. The summed E-state index contributed by atoms with van der Waals surface area (Å²) < 4.78 is 1.43. The van der Waals surface area contributed by atoms with Crippen LogP contribution in [-0.4, -0.2) is 12.3 Å². The van der Waals surface area contributed by atoms with Gasteiger partial charge in [-0.05, 0) is 29.0 Å². The number of pyridine rings is 1. The Morgan fingerprint density at radius 2 is 1.94 bits per heavy atom. The number of hydrogen-bond acceptors (Lipinski definition) is 3. The summed E-state index contributed by atoms with van der Waals surface area (Å²) in [5.41, 5.74) is 7.32. The lowest BCUT2D eigenvalue weighted by atomic mass is 10.2. The highest BCUT2D eigenvalue weighted by Crippen LogP contribution is 2.16. The van der Waals surface area contributed by atoms with Crippen LogP contribution in [0.15, 0.2) is 53.7 Å². The average molecular weight is 263 g/mol. The maximum Gasteiger partial charge on any atom is 0.322 e. The monoisotopic (exact) mass is 262 g/mol. The second-order valence-electron chi connectivity index (χ2n) is 3.55. The highest BCUT2D eigenvalue weighted by Gasteiger charge is 2.14. The number of aliphatic imine (C=N–C) groups is 1. The van der Waals surface area contributed by atoms with E-state index in [2.05, 4.69) is 4.99 Å². The molecule has 0 aliphatic carbocycles. The Labute approximate surface area is 110 Å². The van der Waals surface area contributed by atoms with E-state index in [0.29, 0.717) is 16.6 Å². The van der Waals surface area contributed by atoms with Crippen molar-refractivity contribution in [3.8, 4) is 0 Å². The third-order valence-corrected chi connectivity index (χ3v) is 2.69. The average Bonchev–Trinajstić information content (AvgIpc) is 2.40. The largest absolute Gasteiger partial charge is 0.339 e. The van der Waals surface area contributed by atoms with Crippen molar-refractivity contribution in [2.75, 3.05) is 12.8 Å². The van der Waals surface area contributed by atoms with Crippen LogP contribution in [0.1, 0.15) is 5.56 Å². The maximum absolute atomic E-state index is 6.18. The summed E-state index contributed by atoms with van der Waals surface area (Å²) in [7, 11) is 1.53. The van der Waals surface area contributed by atoms with Crippen LogP contribution < -0.4 is 15.3 Å². The normalized spacial score (nSPS) is 11.3. The van der Waals surface area contributed by atoms with E-state index in [1.807, 2.05) is 30.3 Å². The molecule has 0 fully saturated rings. The van der Waals surface area contributed by atoms with Crippen molar-refractivity contribution in [3.63, 3.8) is 0 Å². The molecule has 2 aromatic rings. The summed E-state index contributed by atoms with van der Waals surface area (Å²) in [5, 5.41) is 0.324. The number of hydrogen-bond donors (Lipinski definition) is 1. The van der Waals surface area contributed by atoms with Crippen molar-refractivity contribution in [2.45, 2.75) is 0 Å². The van der Waals surface area contributed by atoms with E-state index >= 15 is 0 Å². The summed E-state index contributed by atoms with van der Waals surface area (Å²) in [4.78, 5) is 9.36. The number of benzene rings is 1. The van der Waals surface area contributed by atoms with Gasteiger partial charge < -0.3 is 4.84 Å². The molecule has 0 aliphatic heterocycles. The van der Waals surface area contributed by atoms with Crippen molar-refractivity contribution >= 4 is 28.3 Å². The molecule has 2 rings (SSSR count). The predicted molar refractivity (Wildman–Crippen MR) is 72.0 cm³/mol. The van der Waals surface area contributed by atoms with Crippen LogP contribution in [0.25, 0.3) is 0 Å². The smallest absolute Gasteiger partial charge is 0.322 e. The van der Waals surface area contributed by atoms with Crippen molar-refractivity contribution in [1.29, 1.82) is 0 Å². The van der Waals surface area contributed by atoms with Gasteiger partial charge in [0, 0.05) is 0 Å². The van der Waals surface area contributed by atoms with Crippen LogP contribution in [-0.2, 0) is 0 Å². The van der Waals surface area contributed by atoms with Crippen molar-refractivity contribution in [2.24, 2.45) is 4.99 Å². The number of aromatic nitrogens is 1. The third kappa shape index (κ3) is 2.60. The first-order chi connectivity index (χ1) is 8.72. The Morgan fingerprint density at radius 1 is 1.22 bits per heavy atom. The van der Waals surface area contributed by atoms with Gasteiger partial charge in [-0.1, -0.05) is 29.8 Å². The number of nitrogen functional groups attached to an aromatic ring is 1. The van der Waals surface area contributed by atoms with Crippen LogP contribution >= 0.6 is 11.6 Å². The minimum absolute atomic E-state index is 0.324. The van der Waals surface area contributed by atoms with Gasteiger partial charge in [-0.3, -0.25) is 5.73 Å². The van der Waals surface area contributed by atoms with Crippen molar-refractivity contribution in [1.82, 2.24) is 0 Å². The van der Waals surface area contributed by atoms with E-state index in [-0.39, 0.29) is 0 Å². The predicted octanol–water partition coefficient (Wildman–Crippen LogP) is 1.93. The molecule has 92 valence electrons. The lowest BCUT2D eigenvalue weighted by molar-refractivity contribution is -0.874. The fraction of sp³-hybridized carbons (Fsp3) is 0.0769. The first kappa shape index (κ1) is 12.4. The van der Waals surface area contributed by atoms with Gasteiger partial charge in [0.2, 0.25) is 0 Å². The van der Waals surface area contributed by atoms with Gasteiger partial charge in [-0.2, -0.15) is 0 Å². The van der Waals surface area contributed by atoms with E-state index in [0.717, 1.165) is 5.69 Å². The summed E-state index contributed by atoms with van der Waals surface area (Å²) >= 11 is 6.18. The van der Waals surface area contributed by atoms with E-state index in [1.165, 1.54) is 11.8 Å². The number of rotatable bonds is 3. The fourth-order valence-corrected chi connectivity index (χ4v) is 1.77. The molecule has 0 saturated carbocycles. The van der Waals surface area contributed by atoms with Crippen LogP contribution in [0.3, 0.4) is 0 Å². The summed E-state index contributed by atoms with van der Waals surface area (Å²) in [6.45, 7) is 0. The second kappa shape index (κ2) is 5.51. The molecule has 0 spiro atoms. The lowest BCUT2D eigenvalue weighted by Gasteiger charge is -2.03. The van der Waals surface area contributed by atoms with E-state index in [4.69, 9.17) is 22.2 Å². The molecular weight excluding hydrogens is 250 g/mol. The molecule has 0 radical (unpaired) electrons. The molecule has 18 heavy (non-hydrogen) atoms. The maximum atomic E-state index is 6.18. The third-order valence-electron chi connectivity index (χ3n) is 2.40. The van der Waals surface area contributed by atoms with Crippen molar-refractivity contribution in [3.05, 3.63) is 54.2 Å². The Morgan fingerprint density at radius 3 is 2.61 bits per heavy atom. The van der Waals surface area contributed by atoms with Gasteiger partial charge in [-0.25, -0.2) is 4.99 Å². The molecule has 0 unspecified atom stereocenters. The summed E-state index contributed by atoms with van der Waals surface area (Å²) in [6, 6.07) is 13.0. The molecule has 5 heteroatoms. The molecule has 0 aliphatic rings. The van der Waals surface area contributed by atoms with Gasteiger partial charge in [0.15, 0.2) is 0 Å². The summed E-state index contributed by atoms with van der Waals surface area (Å²) in [5.74, 6) is 0.407. The Balaban J connectivity index is 2.40. The molecule has 4 nitrogen and oxygen atoms in total. The molecular formula is C13H13ClN3O+. The molecule has 0 saturated heterocycles. The Hall–Kier alpha value is -2.07. The van der Waals surface area contributed by atoms with Gasteiger partial charge >= 0.3 is 5.82 Å². The van der Waals surface area contributed by atoms with E-state index < -0.39 is 0 Å². The fourth-order valence-electron chi connectivity index (χ4n) is 1.51. The highest BCUT2D eigenvalue weighted by molar-refractivity contribution is 6.70. The van der Waals surface area contributed by atoms with Gasteiger partial charge in [0.25, 0.3) is 0 Å². The zero-order valence-corrected chi connectivity index (χ0v) is 10.6. The minimum Gasteiger partial charge on any atom is -0.339 e. The molecule has 0 bridgehead atoms. The van der Waals surface area contributed by atoms with Crippen LogP contribution in [0.5, 0.6) is 0 Å². The zero-order chi connectivity index (χ0) is 13.0. The molecule has 1 aromatic carbocycles. The van der Waals surface area contributed by atoms with Gasteiger partial charge in [0.05, 0.1) is 5.69 Å². The highest BCUT2D eigenvalue weighted by atomic mass is 35.5. The molecule has 0 amide bonds. The standard InChI is InChI=1S/C13H12ClN3O/c1-18-17-9-5-8-11(13(17)15)12(14)16-10-6-3-2-4-7-10/h2-9,15H,1H3/p+1. The van der Waals surface area contributed by atoms with Gasteiger partial charge in [-0.15, -0.1) is 0 Å². The van der Waals surface area contributed by atoms with Crippen molar-refractivity contribution < 1.29 is 9.57 Å². The zero-order valence-electron chi connectivity index (χ0n) is 9.88. The number of halogens is 1. The number of nitrogens with two attached hydrogens (primary N) is 1. The van der Waals surface area contributed by atoms with E-state index in [1.54, 1.807) is 18.3 Å². The molecule has 1 aromatic heterocycles. The first-order valence-corrected chi connectivity index (χ1v) is 5.74. The molecule has 0 atom stereocenters. The van der Waals surface area contributed by atoms with Gasteiger partial charge in [0.1, 0.15) is 24.0 Å². The van der Waals surface area contributed by atoms with Crippen LogP contribution in [0, 0.1) is 0 Å². The second-order valence-corrected chi connectivity index (χ2v) is 3.91.